The second-order valence-corrected chi connectivity index (χ2v) is 7.04. The van der Waals surface area contributed by atoms with E-state index in [2.05, 4.69) is 16.0 Å². The van der Waals surface area contributed by atoms with Crippen molar-refractivity contribution in [1.29, 1.82) is 0 Å². The minimum Gasteiger partial charge on any atom is -0.387 e. The number of nitrogens with zero attached hydrogens (tertiary/aromatic N) is 2. The summed E-state index contributed by atoms with van der Waals surface area (Å²) in [7, 11) is 0. The van der Waals surface area contributed by atoms with E-state index in [0.29, 0.717) is 12.6 Å². The van der Waals surface area contributed by atoms with E-state index >= 15 is 0 Å². The quantitative estimate of drug-likeness (QED) is 0.909. The zero-order valence-electron chi connectivity index (χ0n) is 13.6. The molecular formula is C17H24N2O4. The van der Waals surface area contributed by atoms with E-state index in [1.807, 2.05) is 32.2 Å². The molecule has 3 aliphatic rings. The van der Waals surface area contributed by atoms with Crippen LogP contribution in [0.5, 0.6) is 0 Å². The third-order valence-electron chi connectivity index (χ3n) is 4.92. The molecule has 0 saturated carbocycles. The van der Waals surface area contributed by atoms with Crippen LogP contribution in [-0.4, -0.2) is 58.5 Å². The van der Waals surface area contributed by atoms with Gasteiger partial charge >= 0.3 is 0 Å². The van der Waals surface area contributed by atoms with E-state index < -0.39 is 24.3 Å². The molecule has 0 aliphatic carbocycles. The Kier molecular flexibility index (Phi) is 3.90. The third-order valence-corrected chi connectivity index (χ3v) is 4.92. The van der Waals surface area contributed by atoms with Gasteiger partial charge in [0.2, 0.25) is 0 Å². The Hall–Kier alpha value is -1.05. The number of aliphatic hydroxyl groups is 1. The molecular weight excluding hydrogens is 296 g/mol. The maximum Gasteiger partial charge on any atom is 0.190 e. The van der Waals surface area contributed by atoms with Crippen molar-refractivity contribution < 1.29 is 19.3 Å². The molecule has 0 unspecified atom stereocenters. The van der Waals surface area contributed by atoms with Gasteiger partial charge in [-0.05, 0) is 45.4 Å². The van der Waals surface area contributed by atoms with Crippen LogP contribution in [0.4, 0.5) is 0 Å². The van der Waals surface area contributed by atoms with Crippen molar-refractivity contribution in [3.8, 4) is 0 Å². The van der Waals surface area contributed by atoms with Gasteiger partial charge in [-0.2, -0.15) is 0 Å². The standard InChI is InChI=1S/C17H24N2O4/c1-17(2)22-15-14(20)13(21-16(15)23-17)10-19-9-5-7-12(19)11-6-3-4-8-18-11/h3-4,6,8,12-16,20H,5,7,9-10H2,1-2H3/t12-,13-,14-,15+,16-/m1/s1. The Bertz CT molecular complexity index is 553. The fraction of sp³-hybridized carbons (Fsp3) is 0.706. The summed E-state index contributed by atoms with van der Waals surface area (Å²) in [4.78, 5) is 6.84. The maximum atomic E-state index is 10.5. The number of hydrogen-bond donors (Lipinski definition) is 1. The topological polar surface area (TPSA) is 64.1 Å². The molecule has 5 atom stereocenters. The average molecular weight is 320 g/mol. The lowest BCUT2D eigenvalue weighted by atomic mass is 10.1. The zero-order valence-corrected chi connectivity index (χ0v) is 13.6. The maximum absolute atomic E-state index is 10.5. The van der Waals surface area contributed by atoms with E-state index in [1.54, 1.807) is 0 Å². The van der Waals surface area contributed by atoms with Gasteiger partial charge in [0, 0.05) is 12.7 Å². The lowest BCUT2D eigenvalue weighted by Gasteiger charge is -2.29. The second kappa shape index (κ2) is 5.79. The first-order valence-corrected chi connectivity index (χ1v) is 8.38. The minimum atomic E-state index is -0.689. The molecule has 6 nitrogen and oxygen atoms in total. The van der Waals surface area contributed by atoms with Gasteiger partial charge in [-0.3, -0.25) is 9.88 Å². The third kappa shape index (κ3) is 2.90. The number of pyridine rings is 1. The molecule has 4 rings (SSSR count). The van der Waals surface area contributed by atoms with Crippen LogP contribution in [0.15, 0.2) is 24.4 Å². The molecule has 0 bridgehead atoms. The van der Waals surface area contributed by atoms with Crippen LogP contribution < -0.4 is 0 Å². The summed E-state index contributed by atoms with van der Waals surface area (Å²) in [5.41, 5.74) is 1.09. The van der Waals surface area contributed by atoms with Gasteiger partial charge in [0.05, 0.1) is 11.7 Å². The molecule has 1 aromatic heterocycles. The second-order valence-electron chi connectivity index (χ2n) is 7.04. The average Bonchev–Trinajstić information content (AvgIpc) is 3.17. The smallest absolute Gasteiger partial charge is 0.190 e. The highest BCUT2D eigenvalue weighted by molar-refractivity contribution is 5.11. The lowest BCUT2D eigenvalue weighted by molar-refractivity contribution is -0.216. The van der Waals surface area contributed by atoms with Crippen molar-refractivity contribution in [2.45, 2.75) is 63.1 Å². The molecule has 0 amide bonds. The van der Waals surface area contributed by atoms with Gasteiger partial charge in [0.25, 0.3) is 0 Å². The fourth-order valence-corrected chi connectivity index (χ4v) is 3.89. The summed E-state index contributed by atoms with van der Waals surface area (Å²) in [6, 6.07) is 6.32. The van der Waals surface area contributed by atoms with Crippen molar-refractivity contribution in [3.05, 3.63) is 30.1 Å². The van der Waals surface area contributed by atoms with E-state index in [9.17, 15) is 5.11 Å². The van der Waals surface area contributed by atoms with Crippen LogP contribution >= 0.6 is 0 Å². The molecule has 1 aromatic rings. The first-order chi connectivity index (χ1) is 11.0. The van der Waals surface area contributed by atoms with E-state index in [4.69, 9.17) is 14.2 Å². The monoisotopic (exact) mass is 320 g/mol. The van der Waals surface area contributed by atoms with Crippen LogP contribution in [0.3, 0.4) is 0 Å². The normalized spacial score (nSPS) is 39.7. The van der Waals surface area contributed by atoms with E-state index in [1.165, 1.54) is 0 Å². The number of likely N-dealkylation sites (tertiary alicyclic amines) is 1. The minimum absolute atomic E-state index is 0.287. The molecule has 3 fully saturated rings. The number of rotatable bonds is 3. The van der Waals surface area contributed by atoms with E-state index in [0.717, 1.165) is 25.1 Å². The molecule has 23 heavy (non-hydrogen) atoms. The van der Waals surface area contributed by atoms with Crippen LogP contribution in [0.2, 0.25) is 0 Å². The molecule has 3 aliphatic heterocycles. The molecule has 1 N–H and O–H groups in total. The summed E-state index contributed by atoms with van der Waals surface area (Å²) in [6.45, 7) is 5.35. The van der Waals surface area contributed by atoms with E-state index in [-0.39, 0.29) is 6.10 Å². The van der Waals surface area contributed by atoms with Crippen LogP contribution in [0.1, 0.15) is 38.4 Å². The SMILES string of the molecule is CC1(C)O[C@H]2O[C@H](CN3CCC[C@@H]3c3ccccn3)[C@@H](O)[C@@H]2O1. The van der Waals surface area contributed by atoms with Crippen LogP contribution in [0.25, 0.3) is 0 Å². The lowest BCUT2D eigenvalue weighted by Crippen LogP contribution is -2.41. The molecule has 4 heterocycles. The molecule has 6 heteroatoms. The van der Waals surface area contributed by atoms with Gasteiger partial charge in [-0.25, -0.2) is 0 Å². The summed E-state index contributed by atoms with van der Waals surface area (Å²) in [5, 5.41) is 10.5. The Balaban J connectivity index is 1.43. The number of aliphatic hydroxyl groups excluding tert-OH is 1. The Morgan fingerprint density at radius 1 is 1.35 bits per heavy atom. The number of ether oxygens (including phenoxy) is 3. The molecule has 0 radical (unpaired) electrons. The molecule has 3 saturated heterocycles. The highest BCUT2D eigenvalue weighted by Gasteiger charge is 2.54. The summed E-state index contributed by atoms with van der Waals surface area (Å²) >= 11 is 0. The van der Waals surface area contributed by atoms with Crippen molar-refractivity contribution in [2.24, 2.45) is 0 Å². The highest BCUT2D eigenvalue weighted by atomic mass is 16.8. The first-order valence-electron chi connectivity index (χ1n) is 8.38. The van der Waals surface area contributed by atoms with Gasteiger partial charge in [-0.15, -0.1) is 0 Å². The van der Waals surface area contributed by atoms with Crippen molar-refractivity contribution in [1.82, 2.24) is 9.88 Å². The van der Waals surface area contributed by atoms with Crippen LogP contribution in [0, 0.1) is 0 Å². The summed E-state index contributed by atoms with van der Waals surface area (Å²) < 4.78 is 17.4. The summed E-state index contributed by atoms with van der Waals surface area (Å²) in [6.07, 6.45) is 2.24. The zero-order chi connectivity index (χ0) is 16.0. The summed E-state index contributed by atoms with van der Waals surface area (Å²) in [5.74, 6) is -0.689. The van der Waals surface area contributed by atoms with Gasteiger partial charge in [0.15, 0.2) is 12.1 Å². The van der Waals surface area contributed by atoms with Crippen molar-refractivity contribution >= 4 is 0 Å². The highest BCUT2D eigenvalue weighted by Crippen LogP contribution is 2.39. The Labute approximate surface area is 136 Å². The largest absolute Gasteiger partial charge is 0.387 e. The molecule has 0 spiro atoms. The molecule has 0 aromatic carbocycles. The van der Waals surface area contributed by atoms with Gasteiger partial charge < -0.3 is 19.3 Å². The first kappa shape index (κ1) is 15.5. The van der Waals surface area contributed by atoms with Gasteiger partial charge in [-0.1, -0.05) is 6.07 Å². The number of aromatic nitrogens is 1. The van der Waals surface area contributed by atoms with Gasteiger partial charge in [0.1, 0.15) is 18.3 Å². The Morgan fingerprint density at radius 2 is 2.22 bits per heavy atom. The van der Waals surface area contributed by atoms with Crippen molar-refractivity contribution in [3.63, 3.8) is 0 Å². The number of hydrogen-bond acceptors (Lipinski definition) is 6. The number of fused-ring (bicyclic) bond motifs is 1. The fourth-order valence-electron chi connectivity index (χ4n) is 3.89. The predicted molar refractivity (Wildman–Crippen MR) is 82.5 cm³/mol. The molecule has 126 valence electrons. The predicted octanol–water partition coefficient (Wildman–Crippen LogP) is 1.46. The Morgan fingerprint density at radius 3 is 2.96 bits per heavy atom. The van der Waals surface area contributed by atoms with Crippen molar-refractivity contribution in [2.75, 3.05) is 13.1 Å². The van der Waals surface area contributed by atoms with Crippen LogP contribution in [-0.2, 0) is 14.2 Å².